The van der Waals surface area contributed by atoms with Gasteiger partial charge in [0, 0.05) is 11.3 Å². The topological polar surface area (TPSA) is 72.7 Å². The average Bonchev–Trinajstić information content (AvgIpc) is 3.39. The van der Waals surface area contributed by atoms with Crippen molar-refractivity contribution < 1.29 is 9.47 Å². The first-order valence-corrected chi connectivity index (χ1v) is 10.1. The zero-order valence-electron chi connectivity index (χ0n) is 16.8. The molecule has 0 amide bonds. The van der Waals surface area contributed by atoms with Gasteiger partial charge < -0.3 is 20.1 Å². The van der Waals surface area contributed by atoms with Crippen molar-refractivity contribution in [2.75, 3.05) is 25.7 Å². The number of hydrogen-bond donors (Lipinski definition) is 2. The number of rotatable bonds is 7. The Hall–Kier alpha value is -3.58. The summed E-state index contributed by atoms with van der Waals surface area (Å²) in [6, 6.07) is 20.2. The van der Waals surface area contributed by atoms with E-state index in [-0.39, 0.29) is 6.79 Å². The Morgan fingerprint density at radius 3 is 2.83 bits per heavy atom. The van der Waals surface area contributed by atoms with E-state index in [9.17, 15) is 0 Å². The van der Waals surface area contributed by atoms with E-state index in [2.05, 4.69) is 33.8 Å². The molecule has 0 atom stereocenters. The maximum Gasteiger partial charge on any atom is 0.247 e. The van der Waals surface area contributed by atoms with Crippen molar-refractivity contribution >= 4 is 17.3 Å². The lowest BCUT2D eigenvalue weighted by Gasteiger charge is -2.06. The van der Waals surface area contributed by atoms with Crippen molar-refractivity contribution in [1.82, 2.24) is 19.9 Å². The zero-order valence-corrected chi connectivity index (χ0v) is 16.8. The van der Waals surface area contributed by atoms with Crippen LogP contribution in [0.3, 0.4) is 0 Å². The lowest BCUT2D eigenvalue weighted by atomic mass is 10.1. The number of aromatic nitrogens is 3. The fraction of sp³-hybridized carbons (Fsp3) is 0.217. The van der Waals surface area contributed by atoms with Crippen molar-refractivity contribution in [3.8, 4) is 22.8 Å². The van der Waals surface area contributed by atoms with Crippen LogP contribution in [-0.2, 0) is 6.42 Å². The van der Waals surface area contributed by atoms with E-state index in [0.29, 0.717) is 5.95 Å². The van der Waals surface area contributed by atoms with Gasteiger partial charge in [-0.25, -0.2) is 4.52 Å². The summed E-state index contributed by atoms with van der Waals surface area (Å²) in [5.41, 5.74) is 4.98. The predicted octanol–water partition coefficient (Wildman–Crippen LogP) is 4.02. The normalized spacial score (nSPS) is 12.4. The number of fused-ring (bicyclic) bond motifs is 2. The van der Waals surface area contributed by atoms with Gasteiger partial charge in [-0.05, 0) is 74.5 Å². The molecule has 3 heterocycles. The first kappa shape index (κ1) is 18.4. The summed E-state index contributed by atoms with van der Waals surface area (Å²) in [5.74, 6) is 2.08. The van der Waals surface area contributed by atoms with Crippen LogP contribution in [0.2, 0.25) is 0 Å². The molecule has 152 valence electrons. The van der Waals surface area contributed by atoms with Gasteiger partial charge >= 0.3 is 0 Å². The second-order valence-electron chi connectivity index (χ2n) is 7.22. The van der Waals surface area contributed by atoms with E-state index in [1.165, 1.54) is 5.56 Å². The molecule has 7 nitrogen and oxygen atoms in total. The molecule has 7 heteroatoms. The summed E-state index contributed by atoms with van der Waals surface area (Å²) in [6.07, 6.45) is 2.13. The third-order valence-electron chi connectivity index (χ3n) is 5.10. The largest absolute Gasteiger partial charge is 0.454 e. The van der Waals surface area contributed by atoms with Gasteiger partial charge in [-0.15, -0.1) is 5.10 Å². The maximum atomic E-state index is 5.52. The lowest BCUT2D eigenvalue weighted by Crippen LogP contribution is -2.08. The second-order valence-corrected chi connectivity index (χ2v) is 7.22. The molecular weight excluding hydrogens is 378 g/mol. The van der Waals surface area contributed by atoms with Crippen LogP contribution in [0.4, 0.5) is 11.6 Å². The van der Waals surface area contributed by atoms with Gasteiger partial charge in [0.2, 0.25) is 12.7 Å². The Bertz CT molecular complexity index is 1190. The van der Waals surface area contributed by atoms with E-state index < -0.39 is 0 Å². The second kappa shape index (κ2) is 8.04. The van der Waals surface area contributed by atoms with Crippen LogP contribution in [0.5, 0.6) is 11.5 Å². The van der Waals surface area contributed by atoms with Gasteiger partial charge in [-0.2, -0.15) is 4.98 Å². The summed E-state index contributed by atoms with van der Waals surface area (Å²) >= 11 is 0. The molecule has 0 bridgehead atoms. The molecule has 2 N–H and O–H groups in total. The van der Waals surface area contributed by atoms with Gasteiger partial charge in [0.15, 0.2) is 17.1 Å². The molecule has 1 aliphatic rings. The molecule has 0 fully saturated rings. The highest BCUT2D eigenvalue weighted by Gasteiger charge is 2.16. The molecule has 0 saturated heterocycles. The SMILES string of the molecule is CNCCCc1cccc(Nc2nc3cccc(-c4ccc5c(c4)OCO5)n3n2)c1. The van der Waals surface area contributed by atoms with E-state index in [4.69, 9.17) is 14.6 Å². The van der Waals surface area contributed by atoms with E-state index in [1.54, 1.807) is 0 Å². The number of ether oxygens (including phenoxy) is 2. The van der Waals surface area contributed by atoms with Gasteiger partial charge in [-0.3, -0.25) is 0 Å². The standard InChI is InChI=1S/C23H23N5O2/c1-24-12-4-6-16-5-2-7-18(13-16)25-23-26-22-9-3-8-19(28(22)27-23)17-10-11-20-21(14-17)30-15-29-20/h2-3,5,7-11,13-14,24H,4,6,12,15H2,1H3,(H,25,27). The summed E-state index contributed by atoms with van der Waals surface area (Å²) < 4.78 is 12.8. The summed E-state index contributed by atoms with van der Waals surface area (Å²) in [5, 5.41) is 11.2. The Morgan fingerprint density at radius 2 is 1.90 bits per heavy atom. The maximum absolute atomic E-state index is 5.52. The Balaban J connectivity index is 1.42. The smallest absolute Gasteiger partial charge is 0.247 e. The van der Waals surface area contributed by atoms with Crippen LogP contribution in [0.1, 0.15) is 12.0 Å². The Kier molecular flexibility index (Phi) is 4.94. The number of hydrogen-bond acceptors (Lipinski definition) is 6. The lowest BCUT2D eigenvalue weighted by molar-refractivity contribution is 0.174. The third-order valence-corrected chi connectivity index (χ3v) is 5.10. The van der Waals surface area contributed by atoms with E-state index in [0.717, 1.165) is 53.5 Å². The van der Waals surface area contributed by atoms with Crippen molar-refractivity contribution in [2.24, 2.45) is 0 Å². The molecule has 0 aliphatic carbocycles. The first-order valence-electron chi connectivity index (χ1n) is 10.1. The summed E-state index contributed by atoms with van der Waals surface area (Å²) in [7, 11) is 1.98. The quantitative estimate of drug-likeness (QED) is 0.456. The van der Waals surface area contributed by atoms with Crippen molar-refractivity contribution in [3.63, 3.8) is 0 Å². The van der Waals surface area contributed by atoms with Crippen molar-refractivity contribution in [1.29, 1.82) is 0 Å². The highest BCUT2D eigenvalue weighted by molar-refractivity contribution is 5.68. The van der Waals surface area contributed by atoms with Gasteiger partial charge in [-0.1, -0.05) is 18.2 Å². The van der Waals surface area contributed by atoms with Crippen LogP contribution >= 0.6 is 0 Å². The van der Waals surface area contributed by atoms with Gasteiger partial charge in [0.05, 0.1) is 5.69 Å². The van der Waals surface area contributed by atoms with Gasteiger partial charge in [0.1, 0.15) is 0 Å². The van der Waals surface area contributed by atoms with E-state index in [1.807, 2.05) is 54.0 Å². The summed E-state index contributed by atoms with van der Waals surface area (Å²) in [6.45, 7) is 1.27. The van der Waals surface area contributed by atoms with Crippen LogP contribution in [-0.4, -0.2) is 35.0 Å². The fourth-order valence-electron chi connectivity index (χ4n) is 3.64. The molecule has 0 radical (unpaired) electrons. The molecule has 5 rings (SSSR count). The molecule has 2 aromatic heterocycles. The van der Waals surface area contributed by atoms with Crippen LogP contribution in [0.15, 0.2) is 60.7 Å². The Morgan fingerprint density at radius 1 is 1.00 bits per heavy atom. The summed E-state index contributed by atoms with van der Waals surface area (Å²) in [4.78, 5) is 4.65. The number of nitrogens with one attached hydrogen (secondary N) is 2. The number of benzene rings is 2. The molecule has 1 aliphatic heterocycles. The Labute approximate surface area is 174 Å². The van der Waals surface area contributed by atoms with Crippen LogP contribution in [0.25, 0.3) is 16.9 Å². The molecule has 2 aromatic carbocycles. The third kappa shape index (κ3) is 3.67. The number of pyridine rings is 1. The van der Waals surface area contributed by atoms with Crippen molar-refractivity contribution in [3.05, 3.63) is 66.2 Å². The minimum atomic E-state index is 0.258. The highest BCUT2D eigenvalue weighted by Crippen LogP contribution is 2.36. The minimum absolute atomic E-state index is 0.258. The van der Waals surface area contributed by atoms with Gasteiger partial charge in [0.25, 0.3) is 0 Å². The van der Waals surface area contributed by atoms with Crippen molar-refractivity contribution in [2.45, 2.75) is 12.8 Å². The molecule has 0 unspecified atom stereocenters. The van der Waals surface area contributed by atoms with E-state index >= 15 is 0 Å². The number of anilines is 2. The molecular formula is C23H23N5O2. The van der Waals surface area contributed by atoms with Crippen LogP contribution in [0, 0.1) is 0 Å². The molecule has 0 saturated carbocycles. The average molecular weight is 401 g/mol. The monoisotopic (exact) mass is 401 g/mol. The first-order chi connectivity index (χ1) is 14.8. The number of aryl methyl sites for hydroxylation is 1. The predicted molar refractivity (Wildman–Crippen MR) is 117 cm³/mol. The van der Waals surface area contributed by atoms with Crippen LogP contribution < -0.4 is 20.1 Å². The zero-order chi connectivity index (χ0) is 20.3. The number of nitrogens with zero attached hydrogens (tertiary/aromatic N) is 3. The molecule has 4 aromatic rings. The fourth-order valence-corrected chi connectivity index (χ4v) is 3.64. The highest BCUT2D eigenvalue weighted by atomic mass is 16.7. The molecule has 0 spiro atoms. The molecule has 30 heavy (non-hydrogen) atoms. The minimum Gasteiger partial charge on any atom is -0.454 e.